The van der Waals surface area contributed by atoms with Crippen LogP contribution in [0.5, 0.6) is 5.75 Å². The van der Waals surface area contributed by atoms with Crippen molar-refractivity contribution in [3.8, 4) is 5.75 Å². The summed E-state index contributed by atoms with van der Waals surface area (Å²) in [5, 5.41) is 0. The monoisotopic (exact) mass is 247 g/mol. The Labute approximate surface area is 98.6 Å². The summed E-state index contributed by atoms with van der Waals surface area (Å²) in [6.07, 6.45) is -3.90. The van der Waals surface area contributed by atoms with Gasteiger partial charge in [-0.1, -0.05) is 6.07 Å². The Bertz CT molecular complexity index is 394. The summed E-state index contributed by atoms with van der Waals surface area (Å²) in [7, 11) is 1.35. The van der Waals surface area contributed by atoms with Crippen molar-refractivity contribution in [3.05, 3.63) is 29.3 Å². The van der Waals surface area contributed by atoms with Crippen molar-refractivity contribution in [1.29, 1.82) is 0 Å². The fourth-order valence-electron chi connectivity index (χ4n) is 1.56. The number of benzene rings is 1. The number of halogens is 3. The zero-order valence-corrected chi connectivity index (χ0v) is 10.1. The highest BCUT2D eigenvalue weighted by Crippen LogP contribution is 2.33. The lowest BCUT2D eigenvalue weighted by Gasteiger charge is -2.20. The Balaban J connectivity index is 3.10. The molecule has 0 unspecified atom stereocenters. The minimum Gasteiger partial charge on any atom is -0.496 e. The van der Waals surface area contributed by atoms with Gasteiger partial charge < -0.3 is 10.5 Å². The van der Waals surface area contributed by atoms with Gasteiger partial charge in [-0.05, 0) is 38.0 Å². The molecular weight excluding hydrogens is 231 g/mol. The molecule has 0 bridgehead atoms. The van der Waals surface area contributed by atoms with Crippen molar-refractivity contribution < 1.29 is 17.9 Å². The summed E-state index contributed by atoms with van der Waals surface area (Å²) in [5.74, 6) is 0.221. The third kappa shape index (κ3) is 3.93. The molecule has 0 radical (unpaired) electrons. The average Bonchev–Trinajstić information content (AvgIpc) is 2.14. The van der Waals surface area contributed by atoms with E-state index in [1.807, 2.05) is 13.8 Å². The average molecular weight is 247 g/mol. The van der Waals surface area contributed by atoms with E-state index in [1.54, 1.807) is 0 Å². The zero-order valence-electron chi connectivity index (χ0n) is 10.1. The van der Waals surface area contributed by atoms with Gasteiger partial charge in [0, 0.05) is 5.54 Å². The topological polar surface area (TPSA) is 35.2 Å². The largest absolute Gasteiger partial charge is 0.496 e. The predicted octanol–water partition coefficient (Wildman–Crippen LogP) is 2.99. The summed E-state index contributed by atoms with van der Waals surface area (Å²) in [6.45, 7) is 3.62. The van der Waals surface area contributed by atoms with E-state index in [0.29, 0.717) is 12.0 Å². The van der Waals surface area contributed by atoms with Gasteiger partial charge in [0.05, 0.1) is 12.7 Å². The van der Waals surface area contributed by atoms with Crippen LogP contribution in [-0.2, 0) is 12.6 Å². The van der Waals surface area contributed by atoms with E-state index in [0.717, 1.165) is 12.1 Å². The van der Waals surface area contributed by atoms with Crippen LogP contribution in [0.4, 0.5) is 13.2 Å². The first-order valence-electron chi connectivity index (χ1n) is 5.16. The van der Waals surface area contributed by atoms with Gasteiger partial charge in [-0.25, -0.2) is 0 Å². The highest BCUT2D eigenvalue weighted by molar-refractivity contribution is 5.39. The summed E-state index contributed by atoms with van der Waals surface area (Å²) in [6, 6.07) is 3.46. The SMILES string of the molecule is COc1cc(C(F)(F)F)ccc1CC(C)(C)N. The van der Waals surface area contributed by atoms with Gasteiger partial charge in [0.1, 0.15) is 5.75 Å². The molecule has 0 saturated heterocycles. The van der Waals surface area contributed by atoms with Crippen LogP contribution in [0.15, 0.2) is 18.2 Å². The van der Waals surface area contributed by atoms with Crippen molar-refractivity contribution in [1.82, 2.24) is 0 Å². The molecule has 1 aromatic rings. The summed E-state index contributed by atoms with van der Waals surface area (Å²) >= 11 is 0. The van der Waals surface area contributed by atoms with Crippen LogP contribution in [-0.4, -0.2) is 12.6 Å². The standard InChI is InChI=1S/C12H16F3NO/c1-11(2,16)7-8-4-5-9(12(13,14)15)6-10(8)17-3/h4-6H,7,16H2,1-3H3. The second-order valence-corrected chi connectivity index (χ2v) is 4.69. The van der Waals surface area contributed by atoms with Gasteiger partial charge in [0.15, 0.2) is 0 Å². The number of methoxy groups -OCH3 is 1. The lowest BCUT2D eigenvalue weighted by Crippen LogP contribution is -2.34. The van der Waals surface area contributed by atoms with Gasteiger partial charge in [0.25, 0.3) is 0 Å². The van der Waals surface area contributed by atoms with Crippen LogP contribution >= 0.6 is 0 Å². The number of hydrogen-bond donors (Lipinski definition) is 1. The van der Waals surface area contributed by atoms with Crippen LogP contribution in [0.1, 0.15) is 25.0 Å². The van der Waals surface area contributed by atoms with E-state index in [4.69, 9.17) is 10.5 Å². The van der Waals surface area contributed by atoms with E-state index >= 15 is 0 Å². The van der Waals surface area contributed by atoms with Crippen molar-refractivity contribution in [3.63, 3.8) is 0 Å². The molecule has 1 aromatic carbocycles. The molecule has 96 valence electrons. The van der Waals surface area contributed by atoms with E-state index in [9.17, 15) is 13.2 Å². The molecule has 0 aromatic heterocycles. The molecule has 2 N–H and O–H groups in total. The molecule has 0 fully saturated rings. The maximum absolute atomic E-state index is 12.5. The van der Waals surface area contributed by atoms with Crippen molar-refractivity contribution in [2.24, 2.45) is 5.73 Å². The summed E-state index contributed by atoms with van der Waals surface area (Å²) < 4.78 is 42.5. The molecule has 0 atom stereocenters. The molecule has 0 aliphatic rings. The molecule has 5 heteroatoms. The van der Waals surface area contributed by atoms with Crippen LogP contribution in [0, 0.1) is 0 Å². The highest BCUT2D eigenvalue weighted by atomic mass is 19.4. The van der Waals surface area contributed by atoms with Gasteiger partial charge >= 0.3 is 6.18 Å². The van der Waals surface area contributed by atoms with Crippen LogP contribution in [0.3, 0.4) is 0 Å². The molecule has 0 spiro atoms. The zero-order chi connectivity index (χ0) is 13.3. The third-order valence-electron chi connectivity index (χ3n) is 2.26. The summed E-state index contributed by atoms with van der Waals surface area (Å²) in [5.41, 5.74) is 5.30. The molecule has 0 amide bonds. The van der Waals surface area contributed by atoms with E-state index in [-0.39, 0.29) is 5.75 Å². The number of hydrogen-bond acceptors (Lipinski definition) is 2. The Hall–Kier alpha value is -1.23. The second-order valence-electron chi connectivity index (χ2n) is 4.69. The maximum Gasteiger partial charge on any atom is 0.416 e. The fourth-order valence-corrected chi connectivity index (χ4v) is 1.56. The van der Waals surface area contributed by atoms with Crippen molar-refractivity contribution >= 4 is 0 Å². The van der Waals surface area contributed by atoms with Crippen LogP contribution in [0.25, 0.3) is 0 Å². The Morgan fingerprint density at radius 1 is 1.24 bits per heavy atom. The number of nitrogens with two attached hydrogens (primary N) is 1. The predicted molar refractivity (Wildman–Crippen MR) is 60.0 cm³/mol. The van der Waals surface area contributed by atoms with Gasteiger partial charge in [-0.2, -0.15) is 13.2 Å². The quantitative estimate of drug-likeness (QED) is 0.891. The minimum atomic E-state index is -4.36. The normalized spacial score (nSPS) is 12.6. The van der Waals surface area contributed by atoms with E-state index in [2.05, 4.69) is 0 Å². The first kappa shape index (κ1) is 13.8. The molecule has 0 aliphatic carbocycles. The lowest BCUT2D eigenvalue weighted by atomic mass is 9.95. The second kappa shape index (κ2) is 4.56. The van der Waals surface area contributed by atoms with Crippen LogP contribution in [0.2, 0.25) is 0 Å². The first-order valence-corrected chi connectivity index (χ1v) is 5.16. The van der Waals surface area contributed by atoms with E-state index in [1.165, 1.54) is 13.2 Å². The van der Waals surface area contributed by atoms with Gasteiger partial charge in [-0.15, -0.1) is 0 Å². The number of rotatable bonds is 3. The van der Waals surface area contributed by atoms with Crippen LogP contribution < -0.4 is 10.5 Å². The van der Waals surface area contributed by atoms with Gasteiger partial charge in [-0.3, -0.25) is 0 Å². The fraction of sp³-hybridized carbons (Fsp3) is 0.500. The molecule has 0 aliphatic heterocycles. The Kier molecular flexibility index (Phi) is 3.71. The lowest BCUT2D eigenvalue weighted by molar-refractivity contribution is -0.137. The van der Waals surface area contributed by atoms with Crippen molar-refractivity contribution in [2.45, 2.75) is 32.0 Å². The molecular formula is C12H16F3NO. The molecule has 1 rings (SSSR count). The Morgan fingerprint density at radius 2 is 1.82 bits per heavy atom. The minimum absolute atomic E-state index is 0.221. The van der Waals surface area contributed by atoms with Crippen molar-refractivity contribution in [2.75, 3.05) is 7.11 Å². The Morgan fingerprint density at radius 3 is 2.24 bits per heavy atom. The number of ether oxygens (including phenoxy) is 1. The molecule has 0 saturated carbocycles. The maximum atomic E-state index is 12.5. The summed E-state index contributed by atoms with van der Waals surface area (Å²) in [4.78, 5) is 0. The number of alkyl halides is 3. The first-order chi connectivity index (χ1) is 7.63. The molecule has 17 heavy (non-hydrogen) atoms. The molecule has 0 heterocycles. The smallest absolute Gasteiger partial charge is 0.416 e. The highest BCUT2D eigenvalue weighted by Gasteiger charge is 2.31. The third-order valence-corrected chi connectivity index (χ3v) is 2.26. The van der Waals surface area contributed by atoms with E-state index < -0.39 is 17.3 Å². The molecule has 2 nitrogen and oxygen atoms in total. The van der Waals surface area contributed by atoms with Gasteiger partial charge in [0.2, 0.25) is 0 Å².